The van der Waals surface area contributed by atoms with Crippen LogP contribution >= 0.6 is 0 Å². The van der Waals surface area contributed by atoms with Gasteiger partial charge in [-0.15, -0.1) is 0 Å². The topological polar surface area (TPSA) is 41.6 Å². The van der Waals surface area contributed by atoms with E-state index in [0.717, 1.165) is 5.70 Å². The molecule has 3 nitrogen and oxygen atoms in total. The lowest BCUT2D eigenvalue weighted by molar-refractivity contribution is 0.447. The number of hydrogen-bond acceptors (Lipinski definition) is 2. The highest BCUT2D eigenvalue weighted by Crippen LogP contribution is 2.37. The molecule has 0 aromatic rings. The monoisotopic (exact) mass is 167 g/mol. The highest BCUT2D eigenvalue weighted by atomic mass is 15.1. The molecule has 12 heavy (non-hydrogen) atoms. The fraction of sp³-hybridized carbons (Fsp3) is 0.667. The van der Waals surface area contributed by atoms with Crippen molar-refractivity contribution >= 4 is 6.34 Å². The van der Waals surface area contributed by atoms with Crippen LogP contribution in [-0.2, 0) is 0 Å². The van der Waals surface area contributed by atoms with Crippen LogP contribution in [-0.4, -0.2) is 31.4 Å². The van der Waals surface area contributed by atoms with Crippen molar-refractivity contribution in [2.45, 2.75) is 18.9 Å². The maximum Gasteiger partial charge on any atom is 0.0935 e. The van der Waals surface area contributed by atoms with Crippen molar-refractivity contribution in [3.63, 3.8) is 0 Å². The van der Waals surface area contributed by atoms with E-state index in [1.54, 1.807) is 0 Å². The lowest BCUT2D eigenvalue weighted by Crippen LogP contribution is -2.23. The normalized spacial score (nSPS) is 19.5. The summed E-state index contributed by atoms with van der Waals surface area (Å²) in [6.07, 6.45) is 3.90. The molecule has 2 N–H and O–H groups in total. The van der Waals surface area contributed by atoms with Crippen LogP contribution in [0.3, 0.4) is 0 Å². The van der Waals surface area contributed by atoms with Crippen molar-refractivity contribution in [3.8, 4) is 0 Å². The fourth-order valence-electron chi connectivity index (χ4n) is 1.25. The van der Waals surface area contributed by atoms with E-state index in [9.17, 15) is 0 Å². The third-order valence-corrected chi connectivity index (χ3v) is 2.23. The number of likely N-dealkylation sites (N-methyl/N-ethyl adjacent to an activating group) is 1. The first-order chi connectivity index (χ1) is 5.66. The molecule has 1 aliphatic carbocycles. The second-order valence-electron chi connectivity index (χ2n) is 3.47. The van der Waals surface area contributed by atoms with E-state index in [1.165, 1.54) is 19.2 Å². The zero-order valence-corrected chi connectivity index (χ0v) is 7.83. The van der Waals surface area contributed by atoms with Gasteiger partial charge in [0.05, 0.1) is 12.4 Å². The summed E-state index contributed by atoms with van der Waals surface area (Å²) in [5.41, 5.74) is 6.34. The second kappa shape index (κ2) is 3.61. The van der Waals surface area contributed by atoms with Gasteiger partial charge in [-0.05, 0) is 18.8 Å². The smallest absolute Gasteiger partial charge is 0.0935 e. The summed E-state index contributed by atoms with van der Waals surface area (Å²) in [4.78, 5) is 6.23. The minimum Gasteiger partial charge on any atom is -0.390 e. The van der Waals surface area contributed by atoms with Gasteiger partial charge in [-0.25, -0.2) is 0 Å². The van der Waals surface area contributed by atoms with Gasteiger partial charge in [-0.1, -0.05) is 6.58 Å². The highest BCUT2D eigenvalue weighted by molar-refractivity contribution is 5.52. The molecule has 68 valence electrons. The molecule has 1 atom stereocenters. The van der Waals surface area contributed by atoms with Gasteiger partial charge in [0, 0.05) is 19.8 Å². The van der Waals surface area contributed by atoms with Crippen LogP contribution in [0.4, 0.5) is 0 Å². The van der Waals surface area contributed by atoms with Crippen molar-refractivity contribution in [3.05, 3.63) is 12.3 Å². The first kappa shape index (κ1) is 9.10. The van der Waals surface area contributed by atoms with Gasteiger partial charge in [0.2, 0.25) is 0 Å². The molecular formula is C9H17N3. The van der Waals surface area contributed by atoms with E-state index in [2.05, 4.69) is 11.6 Å². The molecule has 1 fully saturated rings. The van der Waals surface area contributed by atoms with Crippen molar-refractivity contribution < 1.29 is 0 Å². The Morgan fingerprint density at radius 1 is 1.67 bits per heavy atom. The Bertz CT molecular complexity index is 192. The minimum atomic E-state index is 0.213. The van der Waals surface area contributed by atoms with Crippen LogP contribution in [0.5, 0.6) is 0 Å². The quantitative estimate of drug-likeness (QED) is 0.497. The Morgan fingerprint density at radius 3 is 2.58 bits per heavy atom. The molecule has 1 rings (SSSR count). The van der Waals surface area contributed by atoms with Crippen LogP contribution < -0.4 is 5.73 Å². The number of hydrogen-bond donors (Lipinski definition) is 1. The van der Waals surface area contributed by atoms with E-state index in [0.29, 0.717) is 5.92 Å². The van der Waals surface area contributed by atoms with Crippen LogP contribution in [0.1, 0.15) is 12.8 Å². The van der Waals surface area contributed by atoms with Crippen molar-refractivity contribution in [2.24, 2.45) is 16.6 Å². The molecule has 0 radical (unpaired) electrons. The third-order valence-electron chi connectivity index (χ3n) is 2.23. The molecular weight excluding hydrogens is 150 g/mol. The highest BCUT2D eigenvalue weighted by Gasteiger charge is 2.33. The molecule has 0 amide bonds. The standard InChI is InChI=1S/C9H17N3/c1-7(12(2)3)9(11-6-10)8-4-5-8/h6,8-9H,1,4-5H2,2-3H3,(H2,10,11). The predicted octanol–water partition coefficient (Wildman–Crippen LogP) is 0.827. The molecule has 1 aliphatic rings. The Hall–Kier alpha value is -0.990. The van der Waals surface area contributed by atoms with Crippen molar-refractivity contribution in [2.75, 3.05) is 14.1 Å². The van der Waals surface area contributed by atoms with Gasteiger partial charge in [-0.3, -0.25) is 4.99 Å². The lowest BCUT2D eigenvalue weighted by atomic mass is 10.1. The summed E-state index contributed by atoms with van der Waals surface area (Å²) < 4.78 is 0. The predicted molar refractivity (Wildman–Crippen MR) is 52.0 cm³/mol. The van der Waals surface area contributed by atoms with Gasteiger partial charge in [0.1, 0.15) is 0 Å². The Labute approximate surface area is 74.0 Å². The van der Waals surface area contributed by atoms with Gasteiger partial charge in [0.25, 0.3) is 0 Å². The summed E-state index contributed by atoms with van der Waals surface area (Å²) in [5.74, 6) is 0.680. The van der Waals surface area contributed by atoms with E-state index in [-0.39, 0.29) is 6.04 Å². The van der Waals surface area contributed by atoms with Crippen LogP contribution in [0.2, 0.25) is 0 Å². The number of nitrogens with zero attached hydrogens (tertiary/aromatic N) is 2. The van der Waals surface area contributed by atoms with E-state index >= 15 is 0 Å². The maximum absolute atomic E-state index is 5.28. The maximum atomic E-state index is 5.28. The zero-order valence-electron chi connectivity index (χ0n) is 7.83. The summed E-state index contributed by atoms with van der Waals surface area (Å²) in [7, 11) is 3.98. The molecule has 0 aliphatic heterocycles. The third kappa shape index (κ3) is 2.00. The lowest BCUT2D eigenvalue weighted by Gasteiger charge is -2.21. The molecule has 0 bridgehead atoms. The molecule has 0 spiro atoms. The van der Waals surface area contributed by atoms with Crippen LogP contribution in [0, 0.1) is 5.92 Å². The Morgan fingerprint density at radius 2 is 2.25 bits per heavy atom. The molecule has 0 heterocycles. The second-order valence-corrected chi connectivity index (χ2v) is 3.47. The van der Waals surface area contributed by atoms with Gasteiger partial charge in [-0.2, -0.15) is 0 Å². The molecule has 1 unspecified atom stereocenters. The first-order valence-electron chi connectivity index (χ1n) is 4.26. The number of nitrogens with two attached hydrogens (primary N) is 1. The molecule has 0 aromatic heterocycles. The van der Waals surface area contributed by atoms with Crippen molar-refractivity contribution in [1.82, 2.24) is 4.90 Å². The van der Waals surface area contributed by atoms with Crippen LogP contribution in [0.25, 0.3) is 0 Å². The summed E-state index contributed by atoms with van der Waals surface area (Å²) in [6.45, 7) is 3.99. The number of rotatable bonds is 4. The largest absolute Gasteiger partial charge is 0.390 e. The summed E-state index contributed by atoms with van der Waals surface area (Å²) >= 11 is 0. The average Bonchev–Trinajstić information content (AvgIpc) is 2.81. The van der Waals surface area contributed by atoms with Gasteiger partial charge < -0.3 is 10.6 Å². The van der Waals surface area contributed by atoms with E-state index < -0.39 is 0 Å². The minimum absolute atomic E-state index is 0.213. The van der Waals surface area contributed by atoms with Crippen LogP contribution in [0.15, 0.2) is 17.3 Å². The van der Waals surface area contributed by atoms with Gasteiger partial charge in [0.15, 0.2) is 0 Å². The molecule has 1 saturated carbocycles. The fourth-order valence-corrected chi connectivity index (χ4v) is 1.25. The Kier molecular flexibility index (Phi) is 2.74. The molecule has 0 saturated heterocycles. The summed E-state index contributed by atoms with van der Waals surface area (Å²) in [5, 5.41) is 0. The van der Waals surface area contributed by atoms with Crippen molar-refractivity contribution in [1.29, 1.82) is 0 Å². The molecule has 0 aromatic carbocycles. The summed E-state index contributed by atoms with van der Waals surface area (Å²) in [6, 6.07) is 0.213. The SMILES string of the molecule is C=C(C(N=CN)C1CC1)N(C)C. The molecule has 3 heteroatoms. The Balaban J connectivity index is 2.58. The average molecular weight is 167 g/mol. The zero-order chi connectivity index (χ0) is 9.14. The van der Waals surface area contributed by atoms with E-state index in [4.69, 9.17) is 5.73 Å². The van der Waals surface area contributed by atoms with Gasteiger partial charge >= 0.3 is 0 Å². The first-order valence-corrected chi connectivity index (χ1v) is 4.26. The van der Waals surface area contributed by atoms with E-state index in [1.807, 2.05) is 19.0 Å². The number of aliphatic imine (C=N–C) groups is 1.